The lowest BCUT2D eigenvalue weighted by molar-refractivity contribution is 0.0243. The van der Waals surface area contributed by atoms with Gasteiger partial charge in [-0.1, -0.05) is 12.8 Å². The molecule has 5 nitrogen and oxygen atoms in total. The van der Waals surface area contributed by atoms with Crippen LogP contribution in [0.15, 0.2) is 4.99 Å². The second-order valence-corrected chi connectivity index (χ2v) is 7.22. The maximum atomic E-state index is 5.80. The Kier molecular flexibility index (Phi) is 8.17. The minimum Gasteiger partial charge on any atom is -0.373 e. The monoisotopic (exact) mass is 324 g/mol. The van der Waals surface area contributed by atoms with E-state index in [1.807, 2.05) is 7.05 Å². The quantitative estimate of drug-likeness (QED) is 0.409. The highest BCUT2D eigenvalue weighted by Gasteiger charge is 2.29. The molecule has 2 saturated heterocycles. The first-order chi connectivity index (χ1) is 11.2. The molecular weight excluding hydrogens is 288 g/mol. The van der Waals surface area contributed by atoms with Crippen molar-refractivity contribution < 1.29 is 4.74 Å². The van der Waals surface area contributed by atoms with Gasteiger partial charge in [0, 0.05) is 26.7 Å². The molecule has 134 valence electrons. The average Bonchev–Trinajstić information content (AvgIpc) is 3.01. The van der Waals surface area contributed by atoms with Crippen molar-refractivity contribution in [2.24, 2.45) is 4.99 Å². The van der Waals surface area contributed by atoms with Gasteiger partial charge in [-0.3, -0.25) is 4.99 Å². The third-order valence-electron chi connectivity index (χ3n) is 5.05. The van der Waals surface area contributed by atoms with E-state index in [2.05, 4.69) is 27.4 Å². The zero-order valence-electron chi connectivity index (χ0n) is 15.2. The van der Waals surface area contributed by atoms with E-state index in [1.54, 1.807) is 0 Å². The third kappa shape index (κ3) is 7.08. The number of rotatable bonds is 8. The maximum absolute atomic E-state index is 5.80. The van der Waals surface area contributed by atoms with Crippen LogP contribution < -0.4 is 10.6 Å². The van der Waals surface area contributed by atoms with Crippen LogP contribution in [0.1, 0.15) is 58.3 Å². The van der Waals surface area contributed by atoms with Gasteiger partial charge in [0.05, 0.1) is 5.60 Å². The van der Waals surface area contributed by atoms with Gasteiger partial charge in [-0.15, -0.1) is 0 Å². The van der Waals surface area contributed by atoms with Crippen LogP contribution in [0.5, 0.6) is 0 Å². The summed E-state index contributed by atoms with van der Waals surface area (Å²) in [7, 11) is 1.84. The molecule has 2 aliphatic heterocycles. The summed E-state index contributed by atoms with van der Waals surface area (Å²) < 4.78 is 5.80. The molecule has 2 fully saturated rings. The minimum absolute atomic E-state index is 0.0218. The Labute approximate surface area is 142 Å². The predicted octanol–water partition coefficient (Wildman–Crippen LogP) is 2.38. The van der Waals surface area contributed by atoms with Gasteiger partial charge in [0.1, 0.15) is 0 Å². The Hall–Kier alpha value is -0.810. The van der Waals surface area contributed by atoms with Crippen LogP contribution in [-0.4, -0.2) is 62.8 Å². The van der Waals surface area contributed by atoms with Gasteiger partial charge in [0.25, 0.3) is 0 Å². The Morgan fingerprint density at radius 2 is 1.91 bits per heavy atom. The number of guanidine groups is 1. The Balaban J connectivity index is 1.48. The first kappa shape index (κ1) is 18.5. The van der Waals surface area contributed by atoms with E-state index >= 15 is 0 Å². The topological polar surface area (TPSA) is 48.9 Å². The van der Waals surface area contributed by atoms with E-state index in [9.17, 15) is 0 Å². The van der Waals surface area contributed by atoms with Crippen molar-refractivity contribution >= 4 is 5.96 Å². The Morgan fingerprint density at radius 3 is 2.61 bits per heavy atom. The molecule has 2 heterocycles. The molecule has 0 saturated carbocycles. The van der Waals surface area contributed by atoms with E-state index < -0.39 is 0 Å². The summed E-state index contributed by atoms with van der Waals surface area (Å²) >= 11 is 0. The molecule has 2 rings (SSSR count). The van der Waals surface area contributed by atoms with Crippen molar-refractivity contribution in [1.29, 1.82) is 0 Å². The van der Waals surface area contributed by atoms with Crippen LogP contribution in [0.25, 0.3) is 0 Å². The number of hydrogen-bond donors (Lipinski definition) is 2. The second-order valence-electron chi connectivity index (χ2n) is 7.22. The van der Waals surface area contributed by atoms with Gasteiger partial charge in [-0.25, -0.2) is 0 Å². The first-order valence-electron chi connectivity index (χ1n) is 9.53. The second kappa shape index (κ2) is 10.1. The number of nitrogens with one attached hydrogen (secondary N) is 2. The van der Waals surface area contributed by atoms with Crippen LogP contribution in [-0.2, 0) is 4.74 Å². The maximum Gasteiger partial charge on any atom is 0.191 e. The molecule has 0 spiro atoms. The first-order valence-corrected chi connectivity index (χ1v) is 9.53. The molecule has 0 amide bonds. The van der Waals surface area contributed by atoms with Crippen LogP contribution in [0.2, 0.25) is 0 Å². The fraction of sp³-hybridized carbons (Fsp3) is 0.944. The fourth-order valence-corrected chi connectivity index (χ4v) is 3.49. The van der Waals surface area contributed by atoms with Crippen molar-refractivity contribution in [2.75, 3.05) is 46.4 Å². The van der Waals surface area contributed by atoms with Gasteiger partial charge < -0.3 is 20.3 Å². The molecule has 2 aliphatic rings. The van der Waals surface area contributed by atoms with E-state index in [0.29, 0.717) is 0 Å². The molecule has 0 aliphatic carbocycles. The molecule has 2 N–H and O–H groups in total. The summed E-state index contributed by atoms with van der Waals surface area (Å²) in [5.74, 6) is 0.901. The lowest BCUT2D eigenvalue weighted by Crippen LogP contribution is -2.45. The number of ether oxygens (including phenoxy) is 1. The van der Waals surface area contributed by atoms with Crippen molar-refractivity contribution in [1.82, 2.24) is 15.5 Å². The van der Waals surface area contributed by atoms with Gasteiger partial charge in [-0.05, 0) is 65.1 Å². The number of nitrogens with zero attached hydrogens (tertiary/aromatic N) is 2. The van der Waals surface area contributed by atoms with Crippen molar-refractivity contribution in [3.63, 3.8) is 0 Å². The van der Waals surface area contributed by atoms with E-state index in [-0.39, 0.29) is 5.60 Å². The lowest BCUT2D eigenvalue weighted by atomic mass is 10.0. The highest BCUT2D eigenvalue weighted by Crippen LogP contribution is 2.23. The molecule has 1 unspecified atom stereocenters. The van der Waals surface area contributed by atoms with Gasteiger partial charge >= 0.3 is 0 Å². The molecule has 0 aromatic heterocycles. The lowest BCUT2D eigenvalue weighted by Gasteiger charge is -2.26. The number of aliphatic imine (C=N–C) groups is 1. The Morgan fingerprint density at radius 1 is 1.09 bits per heavy atom. The van der Waals surface area contributed by atoms with Crippen LogP contribution in [0.4, 0.5) is 0 Å². The standard InChI is InChI=1S/C18H36N4O/c1-18(10-9-15-23-18)16-21-17(19-2)20-11-5-3-6-12-22-13-7-4-8-14-22/h3-16H2,1-2H3,(H2,19,20,21). The van der Waals surface area contributed by atoms with Crippen LogP contribution >= 0.6 is 0 Å². The molecular formula is C18H36N4O. The summed E-state index contributed by atoms with van der Waals surface area (Å²) in [6.45, 7) is 8.81. The fourth-order valence-electron chi connectivity index (χ4n) is 3.49. The largest absolute Gasteiger partial charge is 0.373 e. The number of likely N-dealkylation sites (tertiary alicyclic amines) is 1. The van der Waals surface area contributed by atoms with E-state index in [0.717, 1.165) is 32.1 Å². The smallest absolute Gasteiger partial charge is 0.191 e. The number of unbranched alkanes of at least 4 members (excludes halogenated alkanes) is 2. The van der Waals surface area contributed by atoms with Gasteiger partial charge in [0.2, 0.25) is 0 Å². The van der Waals surface area contributed by atoms with Gasteiger partial charge in [-0.2, -0.15) is 0 Å². The molecule has 23 heavy (non-hydrogen) atoms. The summed E-state index contributed by atoms with van der Waals surface area (Å²) in [6.07, 6.45) is 10.3. The average molecular weight is 325 g/mol. The van der Waals surface area contributed by atoms with Crippen LogP contribution in [0, 0.1) is 0 Å². The van der Waals surface area contributed by atoms with Crippen molar-refractivity contribution in [2.45, 2.75) is 63.9 Å². The highest BCUT2D eigenvalue weighted by molar-refractivity contribution is 5.79. The molecule has 0 radical (unpaired) electrons. The molecule has 5 heteroatoms. The minimum atomic E-state index is -0.0218. The summed E-state index contributed by atoms with van der Waals surface area (Å²) in [5, 5.41) is 6.82. The van der Waals surface area contributed by atoms with Crippen molar-refractivity contribution in [3.05, 3.63) is 0 Å². The predicted molar refractivity (Wildman–Crippen MR) is 97.1 cm³/mol. The Bertz CT molecular complexity index is 347. The molecule has 0 aromatic rings. The summed E-state index contributed by atoms with van der Waals surface area (Å²) in [4.78, 5) is 6.93. The summed E-state index contributed by atoms with van der Waals surface area (Å²) in [5.41, 5.74) is -0.0218. The van der Waals surface area contributed by atoms with Crippen LogP contribution in [0.3, 0.4) is 0 Å². The zero-order valence-corrected chi connectivity index (χ0v) is 15.2. The highest BCUT2D eigenvalue weighted by atomic mass is 16.5. The normalized spacial score (nSPS) is 26.4. The molecule has 1 atom stereocenters. The number of piperidine rings is 1. The molecule has 0 aromatic carbocycles. The summed E-state index contributed by atoms with van der Waals surface area (Å²) in [6, 6.07) is 0. The third-order valence-corrected chi connectivity index (χ3v) is 5.05. The van der Waals surface area contributed by atoms with Gasteiger partial charge in [0.15, 0.2) is 5.96 Å². The van der Waals surface area contributed by atoms with Crippen molar-refractivity contribution in [3.8, 4) is 0 Å². The number of hydrogen-bond acceptors (Lipinski definition) is 3. The van der Waals surface area contributed by atoms with E-state index in [4.69, 9.17) is 4.74 Å². The van der Waals surface area contributed by atoms with E-state index in [1.165, 1.54) is 64.6 Å². The zero-order chi connectivity index (χ0) is 16.4. The molecule has 0 bridgehead atoms. The SMILES string of the molecule is CN=C(NCCCCCN1CCCCC1)NCC1(C)CCCO1.